The average molecular weight is 362 g/mol. The van der Waals surface area contributed by atoms with Crippen molar-refractivity contribution in [2.24, 2.45) is 0 Å². The van der Waals surface area contributed by atoms with E-state index in [9.17, 15) is 12.8 Å². The standard InChI is InChI=1S/C10H14BrFN2O2S.ClH/c1-2-13-5-6-14-17(15,16)8-3-4-10(12)9(11)7-8;/h3-4,7,13-14H,2,5-6H2,1H3;1H. The molecule has 1 aromatic carbocycles. The number of halogens is 3. The maximum absolute atomic E-state index is 13.0. The van der Waals surface area contributed by atoms with Crippen LogP contribution in [0.5, 0.6) is 0 Å². The van der Waals surface area contributed by atoms with Crippen molar-refractivity contribution in [2.45, 2.75) is 11.8 Å². The fourth-order valence-electron chi connectivity index (χ4n) is 1.18. The molecule has 104 valence electrons. The molecule has 0 unspecified atom stereocenters. The van der Waals surface area contributed by atoms with Gasteiger partial charge >= 0.3 is 0 Å². The van der Waals surface area contributed by atoms with Gasteiger partial charge in [0.1, 0.15) is 5.82 Å². The zero-order valence-corrected chi connectivity index (χ0v) is 13.0. The molecule has 8 heteroatoms. The van der Waals surface area contributed by atoms with E-state index in [0.717, 1.165) is 12.6 Å². The highest BCUT2D eigenvalue weighted by Gasteiger charge is 2.14. The largest absolute Gasteiger partial charge is 0.316 e. The average Bonchev–Trinajstić information content (AvgIpc) is 2.28. The van der Waals surface area contributed by atoms with Crippen molar-refractivity contribution in [3.63, 3.8) is 0 Å². The maximum atomic E-state index is 13.0. The van der Waals surface area contributed by atoms with Crippen LogP contribution in [0.2, 0.25) is 0 Å². The Hall–Kier alpha value is -0.210. The first-order valence-electron chi connectivity index (χ1n) is 5.13. The van der Waals surface area contributed by atoms with Crippen LogP contribution in [-0.4, -0.2) is 28.1 Å². The molecule has 0 fully saturated rings. The molecule has 0 spiro atoms. The lowest BCUT2D eigenvalue weighted by Gasteiger charge is -2.07. The summed E-state index contributed by atoms with van der Waals surface area (Å²) in [5, 5.41) is 3.00. The van der Waals surface area contributed by atoms with E-state index in [-0.39, 0.29) is 21.8 Å². The highest BCUT2D eigenvalue weighted by atomic mass is 79.9. The molecule has 0 aliphatic heterocycles. The second-order valence-corrected chi connectivity index (χ2v) is 5.95. The second kappa shape index (κ2) is 8.06. The minimum absolute atomic E-state index is 0. The number of benzene rings is 1. The summed E-state index contributed by atoms with van der Waals surface area (Å²) in [7, 11) is -3.57. The van der Waals surface area contributed by atoms with Crippen LogP contribution < -0.4 is 10.0 Å². The third-order valence-corrected chi connectivity index (χ3v) is 4.11. The van der Waals surface area contributed by atoms with Gasteiger partial charge in [0.25, 0.3) is 0 Å². The van der Waals surface area contributed by atoms with Crippen LogP contribution in [0.4, 0.5) is 4.39 Å². The van der Waals surface area contributed by atoms with Crippen molar-refractivity contribution in [2.75, 3.05) is 19.6 Å². The summed E-state index contributed by atoms with van der Waals surface area (Å²) >= 11 is 2.95. The quantitative estimate of drug-likeness (QED) is 0.761. The number of hydrogen-bond donors (Lipinski definition) is 2. The molecule has 0 aromatic heterocycles. The first kappa shape index (κ1) is 17.8. The Morgan fingerprint density at radius 2 is 2.00 bits per heavy atom. The van der Waals surface area contributed by atoms with Crippen LogP contribution in [0.25, 0.3) is 0 Å². The normalized spacial score (nSPS) is 11.1. The van der Waals surface area contributed by atoms with Crippen molar-refractivity contribution in [3.05, 3.63) is 28.5 Å². The van der Waals surface area contributed by atoms with Gasteiger partial charge in [-0.2, -0.15) is 0 Å². The Balaban J connectivity index is 0.00000289. The maximum Gasteiger partial charge on any atom is 0.240 e. The van der Waals surface area contributed by atoms with Crippen LogP contribution in [0.15, 0.2) is 27.6 Å². The molecule has 0 radical (unpaired) electrons. The van der Waals surface area contributed by atoms with Crippen molar-refractivity contribution >= 4 is 38.4 Å². The summed E-state index contributed by atoms with van der Waals surface area (Å²) in [6, 6.07) is 3.59. The SMILES string of the molecule is CCNCCNS(=O)(=O)c1ccc(F)c(Br)c1.Cl. The summed E-state index contributed by atoms with van der Waals surface area (Å²) in [4.78, 5) is 0.0438. The van der Waals surface area contributed by atoms with Gasteiger partial charge in [-0.15, -0.1) is 12.4 Å². The van der Waals surface area contributed by atoms with E-state index in [0.29, 0.717) is 13.1 Å². The molecule has 0 aliphatic rings. The van der Waals surface area contributed by atoms with Crippen LogP contribution in [0, 0.1) is 5.82 Å². The van der Waals surface area contributed by atoms with Gasteiger partial charge in [0.05, 0.1) is 9.37 Å². The Morgan fingerprint density at radius 1 is 1.33 bits per heavy atom. The molecule has 2 N–H and O–H groups in total. The van der Waals surface area contributed by atoms with Gasteiger partial charge in [0.15, 0.2) is 0 Å². The topological polar surface area (TPSA) is 58.2 Å². The van der Waals surface area contributed by atoms with Gasteiger partial charge in [-0.3, -0.25) is 0 Å². The highest BCUT2D eigenvalue weighted by molar-refractivity contribution is 9.10. The van der Waals surface area contributed by atoms with Gasteiger partial charge < -0.3 is 5.32 Å². The van der Waals surface area contributed by atoms with Gasteiger partial charge in [-0.05, 0) is 40.7 Å². The lowest BCUT2D eigenvalue weighted by Crippen LogP contribution is -2.31. The fraction of sp³-hybridized carbons (Fsp3) is 0.400. The fourth-order valence-corrected chi connectivity index (χ4v) is 2.77. The second-order valence-electron chi connectivity index (χ2n) is 3.33. The summed E-state index contributed by atoms with van der Waals surface area (Å²) in [6.07, 6.45) is 0. The lowest BCUT2D eigenvalue weighted by atomic mass is 10.3. The molecule has 0 atom stereocenters. The Labute approximate surface area is 121 Å². The molecule has 0 heterocycles. The molecule has 18 heavy (non-hydrogen) atoms. The van der Waals surface area contributed by atoms with E-state index in [1.165, 1.54) is 12.1 Å². The minimum Gasteiger partial charge on any atom is -0.316 e. The summed E-state index contributed by atoms with van der Waals surface area (Å²) in [6.45, 7) is 3.57. The van der Waals surface area contributed by atoms with Crippen LogP contribution in [-0.2, 0) is 10.0 Å². The van der Waals surface area contributed by atoms with Crippen LogP contribution in [0.1, 0.15) is 6.92 Å². The molecule has 0 bridgehead atoms. The van der Waals surface area contributed by atoms with Crippen LogP contribution in [0.3, 0.4) is 0 Å². The Bertz CT molecular complexity index is 485. The van der Waals surface area contributed by atoms with E-state index in [4.69, 9.17) is 0 Å². The predicted molar refractivity (Wildman–Crippen MR) is 75.1 cm³/mol. The molecular formula is C10H15BrClFN2O2S. The van der Waals surface area contributed by atoms with E-state index in [1.54, 1.807) is 0 Å². The van der Waals surface area contributed by atoms with Crippen LogP contribution >= 0.6 is 28.3 Å². The Morgan fingerprint density at radius 3 is 2.56 bits per heavy atom. The predicted octanol–water partition coefficient (Wildman–Crippen LogP) is 1.90. The van der Waals surface area contributed by atoms with Gasteiger partial charge in [-0.1, -0.05) is 6.92 Å². The number of rotatable bonds is 6. The van der Waals surface area contributed by atoms with Gasteiger partial charge in [0.2, 0.25) is 10.0 Å². The first-order chi connectivity index (χ1) is 7.97. The highest BCUT2D eigenvalue weighted by Crippen LogP contribution is 2.19. The third-order valence-electron chi connectivity index (χ3n) is 2.05. The summed E-state index contributed by atoms with van der Waals surface area (Å²) < 4.78 is 39.1. The van der Waals surface area contributed by atoms with E-state index >= 15 is 0 Å². The van der Waals surface area contributed by atoms with Crippen molar-refractivity contribution in [1.29, 1.82) is 0 Å². The zero-order chi connectivity index (χ0) is 12.9. The molecule has 1 aromatic rings. The number of likely N-dealkylation sites (N-methyl/N-ethyl adjacent to an activating group) is 1. The minimum atomic E-state index is -3.57. The molecular weight excluding hydrogens is 347 g/mol. The van der Waals surface area contributed by atoms with E-state index in [2.05, 4.69) is 26.0 Å². The Kier molecular flexibility index (Phi) is 7.97. The molecule has 0 amide bonds. The number of nitrogens with one attached hydrogen (secondary N) is 2. The molecule has 1 rings (SSSR count). The van der Waals surface area contributed by atoms with Crippen molar-refractivity contribution < 1.29 is 12.8 Å². The lowest BCUT2D eigenvalue weighted by molar-refractivity contribution is 0.576. The molecule has 4 nitrogen and oxygen atoms in total. The first-order valence-corrected chi connectivity index (χ1v) is 7.40. The molecule has 0 aliphatic carbocycles. The smallest absolute Gasteiger partial charge is 0.240 e. The van der Waals surface area contributed by atoms with E-state index in [1.807, 2.05) is 6.92 Å². The number of sulfonamides is 1. The van der Waals surface area contributed by atoms with Crippen molar-refractivity contribution in [1.82, 2.24) is 10.0 Å². The molecule has 0 saturated heterocycles. The van der Waals surface area contributed by atoms with E-state index < -0.39 is 15.8 Å². The summed E-state index contributed by atoms with van der Waals surface area (Å²) in [5.41, 5.74) is 0. The van der Waals surface area contributed by atoms with Crippen molar-refractivity contribution in [3.8, 4) is 0 Å². The summed E-state index contributed by atoms with van der Waals surface area (Å²) in [5.74, 6) is -0.489. The molecule has 0 saturated carbocycles. The van der Waals surface area contributed by atoms with Gasteiger partial charge in [-0.25, -0.2) is 17.5 Å². The monoisotopic (exact) mass is 360 g/mol. The zero-order valence-electron chi connectivity index (χ0n) is 9.74. The third kappa shape index (κ3) is 5.19. The van der Waals surface area contributed by atoms with Gasteiger partial charge in [0, 0.05) is 13.1 Å². The number of hydrogen-bond acceptors (Lipinski definition) is 3.